The number of carbonyl (C=O) groups is 1. The van der Waals surface area contributed by atoms with Gasteiger partial charge in [0.1, 0.15) is 11.6 Å². The number of benzene rings is 1. The average Bonchev–Trinajstić information content (AvgIpc) is 3.05. The van der Waals surface area contributed by atoms with Crippen molar-refractivity contribution in [3.8, 4) is 11.5 Å². The minimum absolute atomic E-state index is 0.399. The monoisotopic (exact) mass is 373 g/mol. The summed E-state index contributed by atoms with van der Waals surface area (Å²) in [6.45, 7) is 7.25. The van der Waals surface area contributed by atoms with Crippen LogP contribution >= 0.6 is 0 Å². The molecule has 1 aliphatic heterocycles. The number of fused-ring (bicyclic) bond motifs is 1. The molecule has 0 amide bonds. The van der Waals surface area contributed by atoms with Crippen molar-refractivity contribution < 1.29 is 19.0 Å². The Morgan fingerprint density at radius 1 is 1.22 bits per heavy atom. The van der Waals surface area contributed by atoms with Crippen molar-refractivity contribution in [1.29, 1.82) is 0 Å². The number of ether oxygens (including phenoxy) is 3. The van der Waals surface area contributed by atoms with E-state index < -0.39 is 17.6 Å². The Bertz CT molecular complexity index is 897. The van der Waals surface area contributed by atoms with Gasteiger partial charge < -0.3 is 19.5 Å². The molecule has 0 fully saturated rings. The molecule has 0 saturated carbocycles. The molecule has 0 saturated heterocycles. The van der Waals surface area contributed by atoms with Crippen LogP contribution in [-0.2, 0) is 9.53 Å². The SMILES string of the molecule is COc1cccc([C@@H]2C(C(=O)OC(C)(C)C)=C(C)Nc3nnnn32)c1OC. The van der Waals surface area contributed by atoms with Gasteiger partial charge in [-0.25, -0.2) is 4.79 Å². The zero-order valence-electron chi connectivity index (χ0n) is 16.2. The van der Waals surface area contributed by atoms with Crippen LogP contribution in [0.2, 0.25) is 0 Å². The molecule has 1 aromatic heterocycles. The first-order valence-electron chi connectivity index (χ1n) is 8.46. The number of nitrogens with one attached hydrogen (secondary N) is 1. The van der Waals surface area contributed by atoms with E-state index >= 15 is 0 Å². The lowest BCUT2D eigenvalue weighted by Crippen LogP contribution is -2.33. The third kappa shape index (κ3) is 3.44. The highest BCUT2D eigenvalue weighted by Gasteiger charge is 2.38. The molecule has 9 nitrogen and oxygen atoms in total. The summed E-state index contributed by atoms with van der Waals surface area (Å²) in [7, 11) is 3.11. The van der Waals surface area contributed by atoms with Gasteiger partial charge in [0.25, 0.3) is 0 Å². The van der Waals surface area contributed by atoms with Crippen molar-refractivity contribution in [2.45, 2.75) is 39.3 Å². The van der Waals surface area contributed by atoms with Crippen LogP contribution in [0.5, 0.6) is 11.5 Å². The van der Waals surface area contributed by atoms with E-state index in [0.29, 0.717) is 34.3 Å². The number of tetrazole rings is 1. The van der Waals surface area contributed by atoms with Gasteiger partial charge in [-0.1, -0.05) is 17.2 Å². The fourth-order valence-corrected chi connectivity index (χ4v) is 3.02. The fraction of sp³-hybridized carbons (Fsp3) is 0.444. The van der Waals surface area contributed by atoms with E-state index in [0.717, 1.165) is 0 Å². The lowest BCUT2D eigenvalue weighted by atomic mass is 9.94. The maximum Gasteiger partial charge on any atom is 0.338 e. The van der Waals surface area contributed by atoms with Crippen LogP contribution in [0.15, 0.2) is 29.5 Å². The van der Waals surface area contributed by atoms with Gasteiger partial charge in [0, 0.05) is 11.3 Å². The van der Waals surface area contributed by atoms with Crippen LogP contribution in [0, 0.1) is 0 Å². The Kier molecular flexibility index (Phi) is 4.77. The van der Waals surface area contributed by atoms with Crippen molar-refractivity contribution in [1.82, 2.24) is 20.2 Å². The molecule has 1 N–H and O–H groups in total. The van der Waals surface area contributed by atoms with Crippen LogP contribution < -0.4 is 14.8 Å². The van der Waals surface area contributed by atoms with Crippen LogP contribution in [0.25, 0.3) is 0 Å². The number of hydrogen-bond acceptors (Lipinski definition) is 8. The third-order valence-corrected chi connectivity index (χ3v) is 4.06. The maximum absolute atomic E-state index is 13.0. The number of anilines is 1. The lowest BCUT2D eigenvalue weighted by Gasteiger charge is -2.30. The van der Waals surface area contributed by atoms with Gasteiger partial charge in [-0.05, 0) is 44.2 Å². The predicted octanol–water partition coefficient (Wildman–Crippen LogP) is 2.32. The highest BCUT2D eigenvalue weighted by Crippen LogP contribution is 2.42. The van der Waals surface area contributed by atoms with Crippen LogP contribution in [0.3, 0.4) is 0 Å². The summed E-state index contributed by atoms with van der Waals surface area (Å²) < 4.78 is 18.1. The number of carbonyl (C=O) groups excluding carboxylic acids is 1. The summed E-state index contributed by atoms with van der Waals surface area (Å²) in [5.41, 5.74) is 1.05. The smallest absolute Gasteiger partial charge is 0.338 e. The number of aromatic nitrogens is 4. The molecule has 0 spiro atoms. The Balaban J connectivity index is 2.20. The number of rotatable bonds is 4. The second-order valence-electron chi connectivity index (χ2n) is 7.10. The molecule has 0 aliphatic carbocycles. The number of para-hydroxylation sites is 1. The van der Waals surface area contributed by atoms with Crippen LogP contribution in [-0.4, -0.2) is 46.0 Å². The molecule has 1 aliphatic rings. The molecule has 2 aromatic rings. The number of methoxy groups -OCH3 is 2. The summed E-state index contributed by atoms with van der Waals surface area (Å²) in [6.07, 6.45) is 0. The van der Waals surface area contributed by atoms with E-state index in [1.165, 1.54) is 4.68 Å². The number of hydrogen-bond donors (Lipinski definition) is 1. The van der Waals surface area contributed by atoms with Crippen LogP contribution in [0.4, 0.5) is 5.95 Å². The fourth-order valence-electron chi connectivity index (χ4n) is 3.02. The van der Waals surface area contributed by atoms with E-state index in [2.05, 4.69) is 20.8 Å². The zero-order valence-corrected chi connectivity index (χ0v) is 16.2. The standard InChI is InChI=1S/C18H23N5O4/c1-10-13(16(24)27-18(2,3)4)14(23-17(19-10)20-21-22-23)11-8-7-9-12(25-5)15(11)26-6/h7-9,14H,1-6H3,(H,19,20,22)/t14-/m1/s1. The zero-order chi connectivity index (χ0) is 19.8. The molecule has 2 heterocycles. The molecular weight excluding hydrogens is 350 g/mol. The Hall–Kier alpha value is -3.10. The van der Waals surface area contributed by atoms with E-state index in [-0.39, 0.29) is 0 Å². The second kappa shape index (κ2) is 6.90. The van der Waals surface area contributed by atoms with Crippen LogP contribution in [0.1, 0.15) is 39.3 Å². The molecule has 27 heavy (non-hydrogen) atoms. The highest BCUT2D eigenvalue weighted by molar-refractivity contribution is 5.93. The van der Waals surface area contributed by atoms with Gasteiger partial charge in [-0.3, -0.25) is 0 Å². The first kappa shape index (κ1) is 18.7. The second-order valence-corrected chi connectivity index (χ2v) is 7.10. The number of nitrogens with zero attached hydrogens (tertiary/aromatic N) is 4. The summed E-state index contributed by atoms with van der Waals surface area (Å²) in [5.74, 6) is 1.02. The molecule has 9 heteroatoms. The predicted molar refractivity (Wildman–Crippen MR) is 97.7 cm³/mol. The normalized spacial score (nSPS) is 16.4. The van der Waals surface area contributed by atoms with Crippen molar-refractivity contribution >= 4 is 11.9 Å². The molecule has 0 unspecified atom stereocenters. The van der Waals surface area contributed by atoms with Crippen molar-refractivity contribution in [3.63, 3.8) is 0 Å². The first-order chi connectivity index (χ1) is 12.8. The molecule has 0 radical (unpaired) electrons. The van der Waals surface area contributed by atoms with E-state index in [4.69, 9.17) is 14.2 Å². The minimum Gasteiger partial charge on any atom is -0.493 e. The lowest BCUT2D eigenvalue weighted by molar-refractivity contribution is -0.150. The summed E-state index contributed by atoms with van der Waals surface area (Å²) in [6, 6.07) is 4.83. The highest BCUT2D eigenvalue weighted by atomic mass is 16.6. The van der Waals surface area contributed by atoms with Crippen molar-refractivity contribution in [3.05, 3.63) is 35.0 Å². The molecular formula is C18H23N5O4. The topological polar surface area (TPSA) is 100 Å². The molecule has 3 rings (SSSR count). The summed E-state index contributed by atoms with van der Waals surface area (Å²) in [5, 5.41) is 14.8. The maximum atomic E-state index is 13.0. The van der Waals surface area contributed by atoms with Crippen molar-refractivity contribution in [2.24, 2.45) is 0 Å². The molecule has 0 bridgehead atoms. The summed E-state index contributed by atoms with van der Waals surface area (Å²) >= 11 is 0. The number of esters is 1. The first-order valence-corrected chi connectivity index (χ1v) is 8.46. The van der Waals surface area contributed by atoms with Crippen molar-refractivity contribution in [2.75, 3.05) is 19.5 Å². The van der Waals surface area contributed by atoms with E-state index in [1.807, 2.05) is 32.9 Å². The minimum atomic E-state index is -0.645. The van der Waals surface area contributed by atoms with E-state index in [9.17, 15) is 4.79 Å². The van der Waals surface area contributed by atoms with Gasteiger partial charge >= 0.3 is 5.97 Å². The van der Waals surface area contributed by atoms with E-state index in [1.54, 1.807) is 27.2 Å². The van der Waals surface area contributed by atoms with Gasteiger partial charge in [0.05, 0.1) is 19.8 Å². The summed E-state index contributed by atoms with van der Waals surface area (Å²) in [4.78, 5) is 13.0. The molecule has 1 atom stereocenters. The Labute approximate surface area is 157 Å². The van der Waals surface area contributed by atoms with Gasteiger partial charge in [-0.2, -0.15) is 4.68 Å². The molecule has 144 valence electrons. The molecule has 1 aromatic carbocycles. The average molecular weight is 373 g/mol. The van der Waals surface area contributed by atoms with Gasteiger partial charge in [-0.15, -0.1) is 0 Å². The largest absolute Gasteiger partial charge is 0.493 e. The third-order valence-electron chi connectivity index (χ3n) is 4.06. The Morgan fingerprint density at radius 3 is 2.59 bits per heavy atom. The number of allylic oxidation sites excluding steroid dienone is 1. The van der Waals surface area contributed by atoms with Gasteiger partial charge in [0.2, 0.25) is 5.95 Å². The van der Waals surface area contributed by atoms with Gasteiger partial charge in [0.15, 0.2) is 11.5 Å². The quantitative estimate of drug-likeness (QED) is 0.815. The Morgan fingerprint density at radius 2 is 1.96 bits per heavy atom.